The molecule has 1 aliphatic rings. The third-order valence-electron chi connectivity index (χ3n) is 6.95. The van der Waals surface area contributed by atoms with Gasteiger partial charge in [0, 0.05) is 37.0 Å². The molecule has 9 heteroatoms. The molecular formula is C25H40N4O4Si. The van der Waals surface area contributed by atoms with E-state index in [1.54, 1.807) is 6.20 Å². The fraction of sp³-hybridized carbons (Fsp3) is 0.600. The fourth-order valence-electron chi connectivity index (χ4n) is 3.87. The Labute approximate surface area is 204 Å². The zero-order chi connectivity index (χ0) is 24.9. The molecule has 1 saturated heterocycles. The summed E-state index contributed by atoms with van der Waals surface area (Å²) >= 11 is 0. The minimum absolute atomic E-state index is 0.0651. The summed E-state index contributed by atoms with van der Waals surface area (Å²) in [4.78, 5) is 21.5. The molecule has 34 heavy (non-hydrogen) atoms. The number of hydrogen-bond acceptors (Lipinski definition) is 6. The molecule has 1 fully saturated rings. The van der Waals surface area contributed by atoms with Gasteiger partial charge in [-0.1, -0.05) is 26.8 Å². The van der Waals surface area contributed by atoms with Gasteiger partial charge in [-0.25, -0.2) is 4.98 Å². The molecule has 1 aliphatic heterocycles. The van der Waals surface area contributed by atoms with Crippen LogP contribution in [-0.4, -0.2) is 63.2 Å². The average Bonchev–Trinajstić information content (AvgIpc) is 3.26. The number of anilines is 1. The quantitative estimate of drug-likeness (QED) is 0.483. The molecule has 0 saturated carbocycles. The van der Waals surface area contributed by atoms with E-state index in [0.717, 1.165) is 37.7 Å². The van der Waals surface area contributed by atoms with E-state index >= 15 is 0 Å². The van der Waals surface area contributed by atoms with Crippen LogP contribution in [0.4, 0.5) is 5.69 Å². The number of morpholine rings is 1. The molecule has 0 unspecified atom stereocenters. The van der Waals surface area contributed by atoms with E-state index in [9.17, 15) is 4.79 Å². The SMILES string of the molecule is C[C@H](O[Si](C)(C)C(C)(C)C)[C@H](CCOc1cccc(N2CCOCC2)c1)c1nc(C(N)=O)c[nH]1. The van der Waals surface area contributed by atoms with Crippen LogP contribution in [0, 0.1) is 0 Å². The summed E-state index contributed by atoms with van der Waals surface area (Å²) < 4.78 is 18.3. The molecule has 0 bridgehead atoms. The molecule has 0 spiro atoms. The maximum Gasteiger partial charge on any atom is 0.268 e. The average molecular weight is 489 g/mol. The largest absolute Gasteiger partial charge is 0.493 e. The Bertz CT molecular complexity index is 950. The number of nitrogens with one attached hydrogen (secondary N) is 1. The number of aromatic nitrogens is 2. The normalized spacial score (nSPS) is 16.8. The molecule has 2 atom stereocenters. The first-order valence-electron chi connectivity index (χ1n) is 12.1. The first-order valence-corrected chi connectivity index (χ1v) is 15.0. The van der Waals surface area contributed by atoms with Gasteiger partial charge in [-0.15, -0.1) is 0 Å². The lowest BCUT2D eigenvalue weighted by Gasteiger charge is -2.40. The summed E-state index contributed by atoms with van der Waals surface area (Å²) in [5.74, 6) is 0.920. The van der Waals surface area contributed by atoms with E-state index in [-0.39, 0.29) is 22.8 Å². The summed E-state index contributed by atoms with van der Waals surface area (Å²) in [7, 11) is -2.00. The van der Waals surface area contributed by atoms with Gasteiger partial charge in [0.15, 0.2) is 8.32 Å². The number of amides is 1. The minimum atomic E-state index is -2.00. The van der Waals surface area contributed by atoms with Crippen LogP contribution >= 0.6 is 0 Å². The predicted octanol–water partition coefficient (Wildman–Crippen LogP) is 4.31. The monoisotopic (exact) mass is 488 g/mol. The highest BCUT2D eigenvalue weighted by molar-refractivity contribution is 6.74. The van der Waals surface area contributed by atoms with Crippen molar-refractivity contribution in [3.63, 3.8) is 0 Å². The third-order valence-corrected chi connectivity index (χ3v) is 11.5. The minimum Gasteiger partial charge on any atom is -0.493 e. The smallest absolute Gasteiger partial charge is 0.268 e. The van der Waals surface area contributed by atoms with Crippen LogP contribution < -0.4 is 15.4 Å². The zero-order valence-corrected chi connectivity index (χ0v) is 22.4. The molecular weight excluding hydrogens is 448 g/mol. The van der Waals surface area contributed by atoms with Crippen LogP contribution in [0.3, 0.4) is 0 Å². The third kappa shape index (κ3) is 6.61. The Balaban J connectivity index is 1.71. The zero-order valence-electron chi connectivity index (χ0n) is 21.4. The standard InChI is InChI=1S/C25H40N4O4Si/c1-18(33-34(5,6)25(2,3)4)21(24-27-17-22(28-24)23(26)30)10-13-32-20-9-7-8-19(16-20)29-11-14-31-15-12-29/h7-9,16-18,21H,10-15H2,1-6H3,(H2,26,30)(H,27,28)/t18-,21-/m0/s1. The second-order valence-electron chi connectivity index (χ2n) is 10.5. The molecule has 188 valence electrons. The van der Waals surface area contributed by atoms with Gasteiger partial charge in [-0.2, -0.15) is 0 Å². The van der Waals surface area contributed by atoms with Crippen LogP contribution in [0.15, 0.2) is 30.5 Å². The van der Waals surface area contributed by atoms with Crippen molar-refractivity contribution < 1.29 is 18.7 Å². The highest BCUT2D eigenvalue weighted by Gasteiger charge is 2.40. The summed E-state index contributed by atoms with van der Waals surface area (Å²) in [6.07, 6.45) is 2.15. The number of carbonyl (C=O) groups is 1. The van der Waals surface area contributed by atoms with Crippen molar-refractivity contribution in [1.82, 2.24) is 9.97 Å². The van der Waals surface area contributed by atoms with Crippen LogP contribution in [0.1, 0.15) is 56.3 Å². The molecule has 2 heterocycles. The molecule has 8 nitrogen and oxygen atoms in total. The van der Waals surface area contributed by atoms with Crippen LogP contribution in [0.25, 0.3) is 0 Å². The summed E-state index contributed by atoms with van der Waals surface area (Å²) in [5.41, 5.74) is 6.81. The number of imidazole rings is 1. The number of H-pyrrole nitrogens is 1. The van der Waals surface area contributed by atoms with E-state index in [1.165, 1.54) is 0 Å². The second-order valence-corrected chi connectivity index (χ2v) is 15.2. The molecule has 3 rings (SSSR count). The van der Waals surface area contributed by atoms with Crippen LogP contribution in [-0.2, 0) is 9.16 Å². The highest BCUT2D eigenvalue weighted by atomic mass is 28.4. The van der Waals surface area contributed by atoms with Crippen molar-refractivity contribution in [3.05, 3.63) is 42.0 Å². The molecule has 1 aromatic carbocycles. The van der Waals surface area contributed by atoms with Gasteiger partial charge in [0.05, 0.1) is 25.9 Å². The van der Waals surface area contributed by atoms with Gasteiger partial charge in [0.2, 0.25) is 0 Å². The van der Waals surface area contributed by atoms with Crippen molar-refractivity contribution in [2.75, 3.05) is 37.8 Å². The van der Waals surface area contributed by atoms with E-state index in [0.29, 0.717) is 18.9 Å². The molecule has 2 aromatic rings. The lowest BCUT2D eigenvalue weighted by atomic mass is 9.99. The van der Waals surface area contributed by atoms with Gasteiger partial charge in [0.1, 0.15) is 17.3 Å². The number of nitrogens with zero attached hydrogens (tertiary/aromatic N) is 2. The molecule has 0 aliphatic carbocycles. The lowest BCUT2D eigenvalue weighted by molar-refractivity contribution is 0.0995. The van der Waals surface area contributed by atoms with Crippen molar-refractivity contribution >= 4 is 19.9 Å². The molecule has 3 N–H and O–H groups in total. The summed E-state index contributed by atoms with van der Waals surface area (Å²) in [5, 5.41) is 0.0871. The van der Waals surface area contributed by atoms with Crippen molar-refractivity contribution in [2.45, 2.75) is 64.3 Å². The van der Waals surface area contributed by atoms with Crippen molar-refractivity contribution in [1.29, 1.82) is 0 Å². The van der Waals surface area contributed by atoms with E-state index < -0.39 is 14.2 Å². The first-order chi connectivity index (χ1) is 16.0. The number of aromatic amines is 1. The Morgan fingerprint density at radius 2 is 2.00 bits per heavy atom. The topological polar surface area (TPSA) is 103 Å². The highest BCUT2D eigenvalue weighted by Crippen LogP contribution is 2.39. The Morgan fingerprint density at radius 3 is 2.62 bits per heavy atom. The second kappa shape index (κ2) is 10.9. The van der Waals surface area contributed by atoms with E-state index in [2.05, 4.69) is 67.8 Å². The summed E-state index contributed by atoms with van der Waals surface area (Å²) in [6, 6.07) is 8.18. The molecule has 0 radical (unpaired) electrons. The maximum absolute atomic E-state index is 11.6. The van der Waals surface area contributed by atoms with Crippen LogP contribution in [0.2, 0.25) is 18.1 Å². The Morgan fingerprint density at radius 1 is 1.29 bits per heavy atom. The van der Waals surface area contributed by atoms with Gasteiger partial charge in [-0.05, 0) is 43.6 Å². The number of carbonyl (C=O) groups excluding carboxylic acids is 1. The Kier molecular flexibility index (Phi) is 8.43. The first kappa shape index (κ1) is 26.2. The number of nitrogens with two attached hydrogens (primary N) is 1. The Hall–Kier alpha value is -2.36. The predicted molar refractivity (Wildman–Crippen MR) is 137 cm³/mol. The summed E-state index contributed by atoms with van der Waals surface area (Å²) in [6.45, 7) is 17.0. The van der Waals surface area contributed by atoms with Crippen molar-refractivity contribution in [3.8, 4) is 5.75 Å². The number of benzene rings is 1. The molecule has 1 amide bonds. The van der Waals surface area contributed by atoms with Gasteiger partial charge in [0.25, 0.3) is 5.91 Å². The number of hydrogen-bond donors (Lipinski definition) is 2. The fourth-order valence-corrected chi connectivity index (χ4v) is 5.31. The van der Waals surface area contributed by atoms with Gasteiger partial charge < -0.3 is 29.5 Å². The van der Waals surface area contributed by atoms with Gasteiger partial charge in [-0.3, -0.25) is 4.79 Å². The van der Waals surface area contributed by atoms with E-state index in [1.807, 2.05) is 12.1 Å². The lowest BCUT2D eigenvalue weighted by Crippen LogP contribution is -2.44. The van der Waals surface area contributed by atoms with Gasteiger partial charge >= 0.3 is 0 Å². The number of primary amides is 1. The number of rotatable bonds is 10. The molecule has 1 aromatic heterocycles. The van der Waals surface area contributed by atoms with Crippen molar-refractivity contribution in [2.24, 2.45) is 5.73 Å². The number of ether oxygens (including phenoxy) is 2. The van der Waals surface area contributed by atoms with Crippen LogP contribution in [0.5, 0.6) is 5.75 Å². The van der Waals surface area contributed by atoms with E-state index in [4.69, 9.17) is 19.6 Å². The maximum atomic E-state index is 11.6.